The van der Waals surface area contributed by atoms with Crippen molar-refractivity contribution in [2.45, 2.75) is 32.4 Å². The quantitative estimate of drug-likeness (QED) is 0.930. The van der Waals surface area contributed by atoms with Crippen molar-refractivity contribution >= 4 is 5.69 Å². The number of hydrogen-bond acceptors (Lipinski definition) is 5. The van der Waals surface area contributed by atoms with Gasteiger partial charge in [0.15, 0.2) is 0 Å². The molecule has 0 radical (unpaired) electrons. The first-order valence-corrected chi connectivity index (χ1v) is 6.97. The van der Waals surface area contributed by atoms with Crippen LogP contribution in [0.25, 0.3) is 11.5 Å². The molecule has 2 unspecified atom stereocenters. The number of likely N-dealkylation sites (tertiary alicyclic amines) is 1. The van der Waals surface area contributed by atoms with Gasteiger partial charge in [-0.15, -0.1) is 10.2 Å². The van der Waals surface area contributed by atoms with Crippen molar-refractivity contribution in [2.75, 3.05) is 18.9 Å². The first-order valence-electron chi connectivity index (χ1n) is 6.97. The molecule has 2 aromatic rings. The number of benzene rings is 1. The highest BCUT2D eigenvalue weighted by Crippen LogP contribution is 2.26. The summed E-state index contributed by atoms with van der Waals surface area (Å²) >= 11 is 0. The van der Waals surface area contributed by atoms with Gasteiger partial charge in [-0.3, -0.25) is 0 Å². The third kappa shape index (κ3) is 2.54. The van der Waals surface area contributed by atoms with Crippen molar-refractivity contribution in [3.8, 4) is 11.5 Å². The molecule has 5 nitrogen and oxygen atoms in total. The van der Waals surface area contributed by atoms with Gasteiger partial charge in [-0.1, -0.05) is 6.07 Å². The minimum absolute atomic E-state index is 0.492. The van der Waals surface area contributed by atoms with Crippen molar-refractivity contribution < 1.29 is 4.42 Å². The molecule has 0 amide bonds. The van der Waals surface area contributed by atoms with E-state index in [0.29, 0.717) is 18.0 Å². The van der Waals surface area contributed by atoms with E-state index in [2.05, 4.69) is 53.4 Å². The molecule has 1 fully saturated rings. The van der Waals surface area contributed by atoms with Gasteiger partial charge in [0.1, 0.15) is 0 Å². The summed E-state index contributed by atoms with van der Waals surface area (Å²) in [6.07, 6.45) is 2.52. The summed E-state index contributed by atoms with van der Waals surface area (Å²) in [4.78, 5) is 2.38. The van der Waals surface area contributed by atoms with E-state index in [1.165, 1.54) is 18.4 Å². The van der Waals surface area contributed by atoms with E-state index in [-0.39, 0.29) is 0 Å². The van der Waals surface area contributed by atoms with Crippen LogP contribution in [-0.2, 0) is 0 Å². The maximum absolute atomic E-state index is 5.26. The molecule has 3 rings (SSSR count). The Balaban J connectivity index is 1.81. The number of aryl methyl sites for hydroxylation is 1. The lowest BCUT2D eigenvalue weighted by atomic mass is 10.1. The largest absolute Gasteiger partial charge is 0.423 e. The monoisotopic (exact) mass is 272 g/mol. The van der Waals surface area contributed by atoms with Gasteiger partial charge in [-0.2, -0.15) is 0 Å². The fourth-order valence-electron chi connectivity index (χ4n) is 2.73. The molecule has 106 valence electrons. The Hall–Kier alpha value is -1.88. The Labute approximate surface area is 119 Å². The topological polar surface area (TPSA) is 54.2 Å². The lowest BCUT2D eigenvalue weighted by Gasteiger charge is -2.16. The van der Waals surface area contributed by atoms with Gasteiger partial charge in [0.25, 0.3) is 0 Å². The molecule has 2 atom stereocenters. The third-order valence-corrected chi connectivity index (χ3v) is 4.09. The van der Waals surface area contributed by atoms with Crippen LogP contribution in [0.2, 0.25) is 0 Å². The number of anilines is 1. The first kappa shape index (κ1) is 13.1. The van der Waals surface area contributed by atoms with Gasteiger partial charge in [0.2, 0.25) is 12.3 Å². The second-order valence-electron chi connectivity index (χ2n) is 5.64. The van der Waals surface area contributed by atoms with Gasteiger partial charge in [-0.25, -0.2) is 0 Å². The number of nitrogens with zero attached hydrogens (tertiary/aromatic N) is 3. The van der Waals surface area contributed by atoms with Gasteiger partial charge in [0, 0.05) is 29.9 Å². The molecular weight excluding hydrogens is 252 g/mol. The zero-order valence-corrected chi connectivity index (χ0v) is 12.1. The van der Waals surface area contributed by atoms with Crippen molar-refractivity contribution in [3.05, 3.63) is 30.2 Å². The highest BCUT2D eigenvalue weighted by molar-refractivity contribution is 5.64. The summed E-state index contributed by atoms with van der Waals surface area (Å²) in [7, 11) is 2.17. The summed E-state index contributed by atoms with van der Waals surface area (Å²) in [5.41, 5.74) is 3.33. The smallest absolute Gasteiger partial charge is 0.247 e. The minimum Gasteiger partial charge on any atom is -0.423 e. The molecule has 1 aliphatic rings. The Bertz CT molecular complexity index is 572. The van der Waals surface area contributed by atoms with Crippen LogP contribution in [0.4, 0.5) is 5.69 Å². The van der Waals surface area contributed by atoms with Crippen LogP contribution < -0.4 is 5.32 Å². The molecule has 0 bridgehead atoms. The van der Waals surface area contributed by atoms with Crippen molar-refractivity contribution in [2.24, 2.45) is 0 Å². The normalized spacial score (nSPS) is 23.1. The highest BCUT2D eigenvalue weighted by Gasteiger charge is 2.26. The average Bonchev–Trinajstić information content (AvgIpc) is 3.04. The van der Waals surface area contributed by atoms with Crippen molar-refractivity contribution in [1.82, 2.24) is 15.1 Å². The Morgan fingerprint density at radius 2 is 2.25 bits per heavy atom. The standard InChI is InChI=1S/C15H20N4O/c1-10-4-5-12(15-18-16-9-20-15)7-14(10)17-13-6-11(2)19(3)8-13/h4-5,7,9,11,13,17H,6,8H2,1-3H3. The molecule has 0 saturated carbocycles. The number of likely N-dealkylation sites (N-methyl/N-ethyl adjacent to an activating group) is 1. The van der Waals surface area contributed by atoms with Crippen LogP contribution in [-0.4, -0.2) is 40.8 Å². The predicted octanol–water partition coefficient (Wildman–Crippen LogP) is 2.55. The fourth-order valence-corrected chi connectivity index (χ4v) is 2.73. The number of nitrogens with one attached hydrogen (secondary N) is 1. The molecule has 0 aliphatic carbocycles. The summed E-state index contributed by atoms with van der Waals surface area (Å²) in [6.45, 7) is 5.46. The summed E-state index contributed by atoms with van der Waals surface area (Å²) in [5, 5.41) is 11.3. The molecule has 5 heteroatoms. The SMILES string of the molecule is Cc1ccc(-c2nnco2)cc1NC1CC(C)N(C)C1. The molecular formula is C15H20N4O. The molecule has 2 heterocycles. The van der Waals surface area contributed by atoms with Gasteiger partial charge in [-0.05, 0) is 45.0 Å². The molecule has 1 saturated heterocycles. The lowest BCUT2D eigenvalue weighted by molar-refractivity contribution is 0.330. The molecule has 1 aromatic carbocycles. The average molecular weight is 272 g/mol. The molecule has 1 N–H and O–H groups in total. The van der Waals surface area contributed by atoms with Crippen LogP contribution in [0.5, 0.6) is 0 Å². The van der Waals surface area contributed by atoms with Gasteiger partial charge in [0.05, 0.1) is 0 Å². The van der Waals surface area contributed by atoms with E-state index < -0.39 is 0 Å². The zero-order chi connectivity index (χ0) is 14.1. The minimum atomic E-state index is 0.492. The summed E-state index contributed by atoms with van der Waals surface area (Å²) in [5.74, 6) is 0.560. The second-order valence-corrected chi connectivity index (χ2v) is 5.64. The van der Waals surface area contributed by atoms with Crippen LogP contribution in [0.15, 0.2) is 29.0 Å². The van der Waals surface area contributed by atoms with Crippen LogP contribution >= 0.6 is 0 Å². The van der Waals surface area contributed by atoms with E-state index in [0.717, 1.165) is 17.8 Å². The maximum Gasteiger partial charge on any atom is 0.247 e. The van der Waals surface area contributed by atoms with Gasteiger partial charge < -0.3 is 14.6 Å². The maximum atomic E-state index is 5.26. The number of rotatable bonds is 3. The van der Waals surface area contributed by atoms with E-state index in [4.69, 9.17) is 4.42 Å². The molecule has 1 aromatic heterocycles. The fraction of sp³-hybridized carbons (Fsp3) is 0.467. The Morgan fingerprint density at radius 1 is 1.40 bits per heavy atom. The van der Waals surface area contributed by atoms with E-state index >= 15 is 0 Å². The van der Waals surface area contributed by atoms with Crippen molar-refractivity contribution in [1.29, 1.82) is 0 Å². The van der Waals surface area contributed by atoms with Crippen LogP contribution in [0, 0.1) is 6.92 Å². The van der Waals surface area contributed by atoms with E-state index in [9.17, 15) is 0 Å². The van der Waals surface area contributed by atoms with Crippen molar-refractivity contribution in [3.63, 3.8) is 0 Å². The first-order chi connectivity index (χ1) is 9.63. The number of aromatic nitrogens is 2. The van der Waals surface area contributed by atoms with Crippen LogP contribution in [0.3, 0.4) is 0 Å². The summed E-state index contributed by atoms with van der Waals surface area (Å²) in [6, 6.07) is 7.31. The second kappa shape index (κ2) is 5.25. The van der Waals surface area contributed by atoms with Gasteiger partial charge >= 0.3 is 0 Å². The highest BCUT2D eigenvalue weighted by atomic mass is 16.4. The Morgan fingerprint density at radius 3 is 2.90 bits per heavy atom. The summed E-state index contributed by atoms with van der Waals surface area (Å²) < 4.78 is 5.26. The van der Waals surface area contributed by atoms with E-state index in [1.54, 1.807) is 0 Å². The lowest BCUT2D eigenvalue weighted by Crippen LogP contribution is -2.25. The molecule has 20 heavy (non-hydrogen) atoms. The Kier molecular flexibility index (Phi) is 3.44. The zero-order valence-electron chi connectivity index (χ0n) is 12.1. The molecule has 1 aliphatic heterocycles. The number of hydrogen-bond donors (Lipinski definition) is 1. The third-order valence-electron chi connectivity index (χ3n) is 4.09. The molecule has 0 spiro atoms. The van der Waals surface area contributed by atoms with E-state index in [1.807, 2.05) is 6.07 Å². The predicted molar refractivity (Wildman–Crippen MR) is 78.6 cm³/mol. The van der Waals surface area contributed by atoms with Crippen LogP contribution in [0.1, 0.15) is 18.9 Å².